The zero-order valence-electron chi connectivity index (χ0n) is 18.6. The zero-order chi connectivity index (χ0) is 22.7. The highest BCUT2D eigenvalue weighted by molar-refractivity contribution is 6.12. The number of ketones is 1. The normalized spacial score (nSPS) is 23.1. The van der Waals surface area contributed by atoms with Gasteiger partial charge in [0.1, 0.15) is 11.7 Å². The highest BCUT2D eigenvalue weighted by atomic mass is 16.5. The molecular formula is C24H29NO6. The minimum Gasteiger partial charge on any atom is -0.494 e. The molecule has 1 heterocycles. The number of esters is 2. The van der Waals surface area contributed by atoms with E-state index in [4.69, 9.17) is 14.2 Å². The van der Waals surface area contributed by atoms with Crippen LogP contribution in [0, 0.1) is 11.8 Å². The first-order valence-corrected chi connectivity index (χ1v) is 10.6. The second kappa shape index (κ2) is 9.37. The molecule has 1 aromatic rings. The molecule has 0 bridgehead atoms. The summed E-state index contributed by atoms with van der Waals surface area (Å²) >= 11 is 0. The van der Waals surface area contributed by atoms with Crippen molar-refractivity contribution in [2.75, 3.05) is 20.3 Å². The van der Waals surface area contributed by atoms with Crippen LogP contribution in [0.25, 0.3) is 0 Å². The minimum absolute atomic E-state index is 0.211. The molecule has 0 amide bonds. The van der Waals surface area contributed by atoms with Crippen molar-refractivity contribution in [3.05, 3.63) is 52.4 Å². The summed E-state index contributed by atoms with van der Waals surface area (Å²) in [6.07, 6.45) is 0.496. The summed E-state index contributed by atoms with van der Waals surface area (Å²) in [4.78, 5) is 39.0. The van der Waals surface area contributed by atoms with Crippen LogP contribution in [-0.2, 0) is 23.9 Å². The Kier molecular flexibility index (Phi) is 6.83. The fourth-order valence-corrected chi connectivity index (χ4v) is 4.44. The van der Waals surface area contributed by atoms with Crippen molar-refractivity contribution in [2.24, 2.45) is 11.8 Å². The summed E-state index contributed by atoms with van der Waals surface area (Å²) in [5.74, 6) is -2.54. The molecule has 0 radical (unpaired) electrons. The maximum atomic E-state index is 13.6. The molecule has 3 atom stereocenters. The van der Waals surface area contributed by atoms with Crippen molar-refractivity contribution in [2.45, 2.75) is 40.0 Å². The Bertz CT molecular complexity index is 961. The number of benzene rings is 1. The average Bonchev–Trinajstić information content (AvgIpc) is 2.73. The molecule has 1 N–H and O–H groups in total. The Morgan fingerprint density at radius 3 is 2.58 bits per heavy atom. The van der Waals surface area contributed by atoms with E-state index in [0.717, 1.165) is 11.3 Å². The van der Waals surface area contributed by atoms with E-state index in [9.17, 15) is 14.4 Å². The highest BCUT2D eigenvalue weighted by Gasteiger charge is 2.47. The lowest BCUT2D eigenvalue weighted by atomic mass is 9.69. The third kappa shape index (κ3) is 4.22. The fourth-order valence-electron chi connectivity index (χ4n) is 4.44. The van der Waals surface area contributed by atoms with Gasteiger partial charge in [-0.3, -0.25) is 9.59 Å². The molecule has 0 spiro atoms. The summed E-state index contributed by atoms with van der Waals surface area (Å²) in [7, 11) is 1.28. The number of Topliss-reactive ketones (excluding diaryl/α,β-unsaturated/α-hetero) is 1. The minimum atomic E-state index is -0.912. The quantitative estimate of drug-likeness (QED) is 0.550. The SMILES string of the molecule is CCOC(=O)C1=C(C)NC2=C(C(=O)[C@@H](C(=O)OC)[C@H](C)C2)[C@H]1c1cccc(OCC)c1. The largest absolute Gasteiger partial charge is 0.494 e. The number of nitrogens with one attached hydrogen (secondary N) is 1. The van der Waals surface area contributed by atoms with Gasteiger partial charge in [0.2, 0.25) is 0 Å². The zero-order valence-corrected chi connectivity index (χ0v) is 18.6. The Labute approximate surface area is 182 Å². The topological polar surface area (TPSA) is 90.9 Å². The van der Waals surface area contributed by atoms with E-state index in [1.54, 1.807) is 13.8 Å². The number of methoxy groups -OCH3 is 1. The lowest BCUT2D eigenvalue weighted by Crippen LogP contribution is -2.43. The number of carbonyl (C=O) groups excluding carboxylic acids is 3. The molecule has 0 aromatic heterocycles. The molecule has 1 aliphatic heterocycles. The molecule has 0 saturated carbocycles. The van der Waals surface area contributed by atoms with Crippen LogP contribution in [0.5, 0.6) is 5.75 Å². The van der Waals surface area contributed by atoms with Gasteiger partial charge in [-0.25, -0.2) is 4.79 Å². The Hall–Kier alpha value is -3.09. The van der Waals surface area contributed by atoms with Gasteiger partial charge < -0.3 is 19.5 Å². The van der Waals surface area contributed by atoms with Gasteiger partial charge in [-0.2, -0.15) is 0 Å². The average molecular weight is 427 g/mol. The standard InChI is InChI=1S/C24H29NO6/c1-6-30-16-10-8-9-15(12-16)20-19(24(28)31-7-2)14(4)25-17-11-13(3)18(23(27)29-5)22(26)21(17)20/h8-10,12-13,18,20,25H,6-7,11H2,1-5H3/t13-,18+,20+/m1/s1. The molecule has 7 heteroatoms. The molecule has 2 aliphatic rings. The first kappa shape index (κ1) is 22.6. The predicted molar refractivity (Wildman–Crippen MR) is 114 cm³/mol. The van der Waals surface area contributed by atoms with Crippen LogP contribution in [0.1, 0.15) is 45.6 Å². The van der Waals surface area contributed by atoms with Crippen LogP contribution in [0.3, 0.4) is 0 Å². The van der Waals surface area contributed by atoms with E-state index in [1.165, 1.54) is 7.11 Å². The van der Waals surface area contributed by atoms with Gasteiger partial charge in [-0.1, -0.05) is 19.1 Å². The molecule has 0 unspecified atom stereocenters. The van der Waals surface area contributed by atoms with Crippen molar-refractivity contribution in [1.82, 2.24) is 5.32 Å². The molecule has 3 rings (SSSR count). The summed E-state index contributed by atoms with van der Waals surface area (Å²) in [6, 6.07) is 7.34. The second-order valence-corrected chi connectivity index (χ2v) is 7.76. The number of carbonyl (C=O) groups is 3. The lowest BCUT2D eigenvalue weighted by molar-refractivity contribution is -0.151. The lowest BCUT2D eigenvalue weighted by Gasteiger charge is -2.38. The Morgan fingerprint density at radius 2 is 1.94 bits per heavy atom. The number of dihydropyridines is 1. The number of hydrogen-bond donors (Lipinski definition) is 1. The van der Waals surface area contributed by atoms with Crippen LogP contribution < -0.4 is 10.1 Å². The fraction of sp³-hybridized carbons (Fsp3) is 0.458. The van der Waals surface area contributed by atoms with Gasteiger partial charge in [-0.05, 0) is 50.8 Å². The highest BCUT2D eigenvalue weighted by Crippen LogP contribution is 2.45. The number of rotatable bonds is 6. The van der Waals surface area contributed by atoms with Crippen molar-refractivity contribution in [1.29, 1.82) is 0 Å². The summed E-state index contributed by atoms with van der Waals surface area (Å²) in [6.45, 7) is 7.98. The summed E-state index contributed by atoms with van der Waals surface area (Å²) < 4.78 is 15.9. The first-order chi connectivity index (χ1) is 14.8. The third-order valence-corrected chi connectivity index (χ3v) is 5.74. The van der Waals surface area contributed by atoms with Gasteiger partial charge in [0.15, 0.2) is 5.78 Å². The monoisotopic (exact) mass is 427 g/mol. The molecule has 0 fully saturated rings. The molecule has 1 aliphatic carbocycles. The van der Waals surface area contributed by atoms with Crippen molar-refractivity contribution in [3.8, 4) is 5.75 Å². The van der Waals surface area contributed by atoms with Gasteiger partial charge in [-0.15, -0.1) is 0 Å². The van der Waals surface area contributed by atoms with Gasteiger partial charge in [0, 0.05) is 22.9 Å². The van der Waals surface area contributed by atoms with Gasteiger partial charge >= 0.3 is 11.9 Å². The molecule has 0 saturated heterocycles. The van der Waals surface area contributed by atoms with Gasteiger partial charge in [0.05, 0.1) is 25.9 Å². The maximum Gasteiger partial charge on any atom is 0.336 e. The summed E-state index contributed by atoms with van der Waals surface area (Å²) in [5.41, 5.74) is 2.88. The molecule has 7 nitrogen and oxygen atoms in total. The van der Waals surface area contributed by atoms with E-state index >= 15 is 0 Å². The van der Waals surface area contributed by atoms with E-state index < -0.39 is 23.8 Å². The first-order valence-electron chi connectivity index (χ1n) is 10.6. The molecule has 1 aromatic carbocycles. The summed E-state index contributed by atoms with van der Waals surface area (Å²) in [5, 5.41) is 3.24. The Balaban J connectivity index is 2.19. The van der Waals surface area contributed by atoms with E-state index in [-0.39, 0.29) is 18.3 Å². The van der Waals surface area contributed by atoms with E-state index in [0.29, 0.717) is 35.6 Å². The van der Waals surface area contributed by atoms with Crippen LogP contribution in [-0.4, -0.2) is 38.0 Å². The second-order valence-electron chi connectivity index (χ2n) is 7.76. The molecule has 166 valence electrons. The van der Waals surface area contributed by atoms with Crippen LogP contribution in [0.4, 0.5) is 0 Å². The van der Waals surface area contributed by atoms with Crippen LogP contribution in [0.2, 0.25) is 0 Å². The number of allylic oxidation sites excluding steroid dienone is 3. The maximum absolute atomic E-state index is 13.6. The van der Waals surface area contributed by atoms with E-state index in [1.807, 2.05) is 38.1 Å². The molecule has 31 heavy (non-hydrogen) atoms. The number of hydrogen-bond acceptors (Lipinski definition) is 7. The smallest absolute Gasteiger partial charge is 0.336 e. The predicted octanol–water partition coefficient (Wildman–Crippen LogP) is 3.26. The molecular weight excluding hydrogens is 398 g/mol. The third-order valence-electron chi connectivity index (χ3n) is 5.74. The van der Waals surface area contributed by atoms with Crippen molar-refractivity contribution in [3.63, 3.8) is 0 Å². The van der Waals surface area contributed by atoms with Crippen molar-refractivity contribution >= 4 is 17.7 Å². The number of ether oxygens (including phenoxy) is 3. The van der Waals surface area contributed by atoms with Crippen LogP contribution >= 0.6 is 0 Å². The van der Waals surface area contributed by atoms with E-state index in [2.05, 4.69) is 5.32 Å². The van der Waals surface area contributed by atoms with Crippen LogP contribution in [0.15, 0.2) is 46.8 Å². The Morgan fingerprint density at radius 1 is 1.19 bits per heavy atom. The van der Waals surface area contributed by atoms with Crippen molar-refractivity contribution < 1.29 is 28.6 Å². The van der Waals surface area contributed by atoms with Gasteiger partial charge in [0.25, 0.3) is 0 Å².